The van der Waals surface area contributed by atoms with Crippen LogP contribution in [-0.2, 0) is 0 Å². The molecular weight excluding hydrogens is 224 g/mol. The van der Waals surface area contributed by atoms with Gasteiger partial charge in [-0.3, -0.25) is 9.78 Å². The summed E-state index contributed by atoms with van der Waals surface area (Å²) in [5.74, 6) is -0.418. The summed E-state index contributed by atoms with van der Waals surface area (Å²) in [5, 5.41) is 0. The molecule has 1 aromatic heterocycles. The van der Waals surface area contributed by atoms with Crippen molar-refractivity contribution < 1.29 is 4.79 Å². The summed E-state index contributed by atoms with van der Waals surface area (Å²) in [6.45, 7) is 1.95. The van der Waals surface area contributed by atoms with Crippen molar-refractivity contribution in [2.75, 3.05) is 0 Å². The molecule has 2 rings (SSSR count). The lowest BCUT2D eigenvalue weighted by Crippen LogP contribution is -2.10. The van der Waals surface area contributed by atoms with E-state index in [0.29, 0.717) is 5.56 Å². The molecule has 0 radical (unpaired) electrons. The first-order valence-electron chi connectivity index (χ1n) is 5.67. The lowest BCUT2D eigenvalue weighted by atomic mass is 10.1. The summed E-state index contributed by atoms with van der Waals surface area (Å²) < 4.78 is 0. The number of carbonyl (C=O) groups is 1. The molecule has 0 aliphatic carbocycles. The zero-order valence-corrected chi connectivity index (χ0v) is 10.1. The van der Waals surface area contributed by atoms with Gasteiger partial charge in [0.1, 0.15) is 0 Å². The highest BCUT2D eigenvalue weighted by Gasteiger charge is 1.99. The van der Waals surface area contributed by atoms with Crippen LogP contribution in [0.4, 0.5) is 0 Å². The molecule has 0 spiro atoms. The highest BCUT2D eigenvalue weighted by atomic mass is 16.1. The highest BCUT2D eigenvalue weighted by molar-refractivity contribution is 5.93. The molecule has 1 amide bonds. The van der Waals surface area contributed by atoms with Crippen LogP contribution in [0.15, 0.2) is 42.5 Å². The Kier molecular flexibility index (Phi) is 3.53. The second kappa shape index (κ2) is 5.27. The van der Waals surface area contributed by atoms with E-state index in [2.05, 4.69) is 4.98 Å². The molecule has 0 bridgehead atoms. The van der Waals surface area contributed by atoms with Crippen LogP contribution in [-0.4, -0.2) is 10.9 Å². The molecule has 1 heterocycles. The number of pyridine rings is 1. The van der Waals surface area contributed by atoms with Crippen LogP contribution in [0.2, 0.25) is 0 Å². The zero-order valence-electron chi connectivity index (χ0n) is 10.1. The van der Waals surface area contributed by atoms with E-state index >= 15 is 0 Å². The van der Waals surface area contributed by atoms with Crippen LogP contribution >= 0.6 is 0 Å². The van der Waals surface area contributed by atoms with Gasteiger partial charge in [0.15, 0.2) is 0 Å². The van der Waals surface area contributed by atoms with E-state index in [1.165, 1.54) is 0 Å². The third-order valence-corrected chi connectivity index (χ3v) is 2.53. The molecule has 0 atom stereocenters. The van der Waals surface area contributed by atoms with Gasteiger partial charge in [0, 0.05) is 11.3 Å². The minimum Gasteiger partial charge on any atom is -0.366 e. The first-order chi connectivity index (χ1) is 8.65. The Bertz CT molecular complexity index is 603. The minimum absolute atomic E-state index is 0.418. The number of rotatable bonds is 3. The molecule has 1 aromatic carbocycles. The topological polar surface area (TPSA) is 56.0 Å². The van der Waals surface area contributed by atoms with Gasteiger partial charge in [-0.15, -0.1) is 0 Å². The van der Waals surface area contributed by atoms with Gasteiger partial charge in [-0.25, -0.2) is 0 Å². The number of amides is 1. The molecule has 0 fully saturated rings. The maximum Gasteiger partial charge on any atom is 0.248 e. The standard InChI is InChI=1S/C15H14N2O/c1-11-4-2-7-14(17-11)9-8-12-5-3-6-13(10-12)15(16)18/h2-10H,1H3,(H2,16,18). The number of carbonyl (C=O) groups excluding carboxylic acids is 1. The average molecular weight is 238 g/mol. The number of aryl methyl sites for hydroxylation is 1. The first-order valence-corrected chi connectivity index (χ1v) is 5.67. The van der Waals surface area contributed by atoms with E-state index in [0.717, 1.165) is 17.0 Å². The molecule has 90 valence electrons. The van der Waals surface area contributed by atoms with Gasteiger partial charge >= 0.3 is 0 Å². The summed E-state index contributed by atoms with van der Waals surface area (Å²) in [7, 11) is 0. The zero-order chi connectivity index (χ0) is 13.0. The molecule has 0 unspecified atom stereocenters. The number of nitrogens with two attached hydrogens (primary N) is 1. The van der Waals surface area contributed by atoms with Gasteiger partial charge in [-0.1, -0.05) is 24.3 Å². The van der Waals surface area contributed by atoms with Gasteiger partial charge in [0.05, 0.1) is 5.69 Å². The molecule has 0 saturated carbocycles. The fourth-order valence-electron chi connectivity index (χ4n) is 1.63. The van der Waals surface area contributed by atoms with E-state index in [4.69, 9.17) is 5.73 Å². The molecule has 18 heavy (non-hydrogen) atoms. The fraction of sp³-hybridized carbons (Fsp3) is 0.0667. The van der Waals surface area contributed by atoms with Crippen LogP contribution < -0.4 is 5.73 Å². The van der Waals surface area contributed by atoms with Gasteiger partial charge in [-0.05, 0) is 42.8 Å². The van der Waals surface area contributed by atoms with Crippen molar-refractivity contribution in [3.05, 3.63) is 65.0 Å². The normalized spacial score (nSPS) is 10.7. The second-order valence-corrected chi connectivity index (χ2v) is 4.03. The Balaban J connectivity index is 2.23. The van der Waals surface area contributed by atoms with E-state index in [-0.39, 0.29) is 0 Å². The van der Waals surface area contributed by atoms with Crippen molar-refractivity contribution in [1.82, 2.24) is 4.98 Å². The van der Waals surface area contributed by atoms with E-state index < -0.39 is 5.91 Å². The molecule has 2 N–H and O–H groups in total. The van der Waals surface area contributed by atoms with Crippen LogP contribution in [0.3, 0.4) is 0 Å². The summed E-state index contributed by atoms with van der Waals surface area (Å²) in [5.41, 5.74) is 8.53. The maximum atomic E-state index is 11.1. The number of hydrogen-bond donors (Lipinski definition) is 1. The Labute approximate surface area is 106 Å². The third-order valence-electron chi connectivity index (χ3n) is 2.53. The Morgan fingerprint density at radius 1 is 1.17 bits per heavy atom. The van der Waals surface area contributed by atoms with E-state index in [9.17, 15) is 4.79 Å². The van der Waals surface area contributed by atoms with Crippen molar-refractivity contribution >= 4 is 18.1 Å². The van der Waals surface area contributed by atoms with Crippen molar-refractivity contribution in [3.8, 4) is 0 Å². The van der Waals surface area contributed by atoms with E-state index in [1.807, 2.05) is 49.4 Å². The second-order valence-electron chi connectivity index (χ2n) is 4.03. The monoisotopic (exact) mass is 238 g/mol. The summed E-state index contributed by atoms with van der Waals surface area (Å²) in [4.78, 5) is 15.4. The quantitative estimate of drug-likeness (QED) is 0.893. The molecular formula is C15H14N2O. The highest BCUT2D eigenvalue weighted by Crippen LogP contribution is 2.09. The Morgan fingerprint density at radius 3 is 2.67 bits per heavy atom. The van der Waals surface area contributed by atoms with Crippen LogP contribution in [0.5, 0.6) is 0 Å². The fourth-order valence-corrected chi connectivity index (χ4v) is 1.63. The maximum absolute atomic E-state index is 11.1. The van der Waals surface area contributed by atoms with Crippen LogP contribution in [0.25, 0.3) is 12.2 Å². The minimum atomic E-state index is -0.418. The largest absolute Gasteiger partial charge is 0.366 e. The predicted octanol–water partition coefficient (Wildman–Crippen LogP) is 2.66. The number of nitrogens with zero attached hydrogens (tertiary/aromatic N) is 1. The molecule has 0 aliphatic heterocycles. The summed E-state index contributed by atoms with van der Waals surface area (Å²) in [6.07, 6.45) is 3.82. The van der Waals surface area contributed by atoms with Gasteiger partial charge < -0.3 is 5.73 Å². The summed E-state index contributed by atoms with van der Waals surface area (Å²) >= 11 is 0. The lowest BCUT2D eigenvalue weighted by molar-refractivity contribution is 0.100. The number of hydrogen-bond acceptors (Lipinski definition) is 2. The third kappa shape index (κ3) is 3.04. The Morgan fingerprint density at radius 2 is 1.94 bits per heavy atom. The van der Waals surface area contributed by atoms with Gasteiger partial charge in [0.2, 0.25) is 5.91 Å². The molecule has 3 heteroatoms. The van der Waals surface area contributed by atoms with Crippen LogP contribution in [0, 0.1) is 6.92 Å². The van der Waals surface area contributed by atoms with Crippen LogP contribution in [0.1, 0.15) is 27.3 Å². The van der Waals surface area contributed by atoms with Gasteiger partial charge in [0.25, 0.3) is 0 Å². The van der Waals surface area contributed by atoms with Crippen molar-refractivity contribution in [2.24, 2.45) is 5.73 Å². The Hall–Kier alpha value is -2.42. The first kappa shape index (κ1) is 12.0. The smallest absolute Gasteiger partial charge is 0.248 e. The predicted molar refractivity (Wildman–Crippen MR) is 72.9 cm³/mol. The molecule has 0 aliphatic rings. The number of primary amides is 1. The van der Waals surface area contributed by atoms with Crippen molar-refractivity contribution in [1.29, 1.82) is 0 Å². The average Bonchev–Trinajstić information content (AvgIpc) is 2.37. The number of aromatic nitrogens is 1. The summed E-state index contributed by atoms with van der Waals surface area (Å²) in [6, 6.07) is 13.0. The molecule has 3 nitrogen and oxygen atoms in total. The van der Waals surface area contributed by atoms with Crippen molar-refractivity contribution in [3.63, 3.8) is 0 Å². The number of benzene rings is 1. The van der Waals surface area contributed by atoms with E-state index in [1.54, 1.807) is 12.1 Å². The SMILES string of the molecule is Cc1cccc(C=Cc2cccc(C(N)=O)c2)n1. The molecule has 2 aromatic rings. The van der Waals surface area contributed by atoms with Gasteiger partial charge in [-0.2, -0.15) is 0 Å². The lowest BCUT2D eigenvalue weighted by Gasteiger charge is -1.98. The van der Waals surface area contributed by atoms with Crippen molar-refractivity contribution in [2.45, 2.75) is 6.92 Å². The molecule has 0 saturated heterocycles.